The Kier molecular flexibility index (Phi) is 1.73. The van der Waals surface area contributed by atoms with E-state index in [0.29, 0.717) is 0 Å². The molecule has 0 bridgehead atoms. The van der Waals surface area contributed by atoms with Gasteiger partial charge in [-0.1, -0.05) is 0 Å². The third-order valence-electron chi connectivity index (χ3n) is 0.812. The molecule has 4 nitrogen and oxygen atoms in total. The molecule has 0 aromatic heterocycles. The Morgan fingerprint density at radius 1 is 1.67 bits per heavy atom. The fourth-order valence-electron chi connectivity index (χ4n) is 0.425. The van der Waals surface area contributed by atoms with Gasteiger partial charge in [-0.05, 0) is 0 Å². The van der Waals surface area contributed by atoms with Crippen LogP contribution in [0.3, 0.4) is 0 Å². The van der Waals surface area contributed by atoms with Gasteiger partial charge in [0.2, 0.25) is 0 Å². The molecule has 1 rings (SSSR count). The second-order valence-electron chi connectivity index (χ2n) is 1.63. The second kappa shape index (κ2) is 2.23. The van der Waals surface area contributed by atoms with Crippen LogP contribution in [0.2, 0.25) is 0 Å². The normalized spacial score (nSPS) is 15.4. The number of hydrogen-bond acceptors (Lipinski definition) is 2. The molecule has 0 amide bonds. The van der Waals surface area contributed by atoms with Crippen molar-refractivity contribution in [1.82, 2.24) is 4.72 Å². The van der Waals surface area contributed by atoms with Crippen molar-refractivity contribution in [3.8, 4) is 0 Å². The van der Waals surface area contributed by atoms with Crippen molar-refractivity contribution in [2.24, 2.45) is 5.14 Å². The first-order chi connectivity index (χ1) is 4.08. The number of hydrogen-bond donors (Lipinski definition) is 2. The third-order valence-corrected chi connectivity index (χ3v) is 2.62. The molecule has 9 heavy (non-hydrogen) atoms. The van der Waals surface area contributed by atoms with E-state index in [1.807, 2.05) is 4.94 Å². The summed E-state index contributed by atoms with van der Waals surface area (Å²) in [7, 11) is -3.50. The van der Waals surface area contributed by atoms with Crippen LogP contribution in [-0.4, -0.2) is 27.7 Å². The molecule has 1 heterocycles. The average Bonchev–Trinajstić information content (AvgIpc) is 1.53. The molecule has 0 radical (unpaired) electrons. The van der Waals surface area contributed by atoms with Crippen molar-refractivity contribution in [3.05, 3.63) is 11.0 Å². The van der Waals surface area contributed by atoms with Gasteiger partial charge in [0.1, 0.15) is 0 Å². The van der Waals surface area contributed by atoms with Crippen LogP contribution in [0, 0.1) is 0 Å². The van der Waals surface area contributed by atoms with Crippen molar-refractivity contribution < 1.29 is 8.42 Å². The fraction of sp³-hybridized carbons (Fsp3) is 0. The van der Waals surface area contributed by atoms with E-state index in [4.69, 9.17) is 0 Å². The van der Waals surface area contributed by atoms with Gasteiger partial charge in [-0.3, -0.25) is 0 Å². The van der Waals surface area contributed by atoms with Gasteiger partial charge in [0, 0.05) is 0 Å². The molecule has 6 heteroatoms. The molecule has 0 saturated carbocycles. The topological polar surface area (TPSA) is 72.2 Å². The summed E-state index contributed by atoms with van der Waals surface area (Å²) in [6, 6.07) is 0. The maximum absolute atomic E-state index is 10.3. The van der Waals surface area contributed by atoms with Crippen LogP contribution in [0.25, 0.3) is 0 Å². The zero-order valence-corrected chi connectivity index (χ0v) is 6.51. The molecule has 0 spiro atoms. The van der Waals surface area contributed by atoms with E-state index in [2.05, 4.69) is 9.86 Å². The molecule has 0 unspecified atom stereocenters. The molecular formula is C3H5AlN2O2S. The van der Waals surface area contributed by atoms with Crippen LogP contribution in [0.15, 0.2) is 11.0 Å². The molecule has 1 aliphatic heterocycles. The van der Waals surface area contributed by atoms with Crippen molar-refractivity contribution >= 4 is 29.5 Å². The van der Waals surface area contributed by atoms with E-state index in [9.17, 15) is 8.42 Å². The molecule has 0 saturated heterocycles. The van der Waals surface area contributed by atoms with Gasteiger partial charge in [-0.2, -0.15) is 0 Å². The van der Waals surface area contributed by atoms with Crippen LogP contribution in [-0.2, 0) is 10.2 Å². The van der Waals surface area contributed by atoms with E-state index >= 15 is 0 Å². The summed E-state index contributed by atoms with van der Waals surface area (Å²) < 4.78 is 23.4. The Morgan fingerprint density at radius 2 is 2.22 bits per heavy atom. The molecule has 48 valence electrons. The maximum atomic E-state index is 10.3. The molecule has 0 aromatic rings. The Bertz CT molecular complexity index is 266. The quantitative estimate of drug-likeness (QED) is 0.465. The van der Waals surface area contributed by atoms with Gasteiger partial charge in [-0.25, -0.2) is 0 Å². The van der Waals surface area contributed by atoms with Gasteiger partial charge < -0.3 is 0 Å². The Labute approximate surface area is 59.2 Å². The summed E-state index contributed by atoms with van der Waals surface area (Å²) in [6.45, 7) is 0. The monoisotopic (exact) mass is 160 g/mol. The second-order valence-corrected chi connectivity index (χ2v) is 4.26. The summed E-state index contributed by atoms with van der Waals surface area (Å²) in [5.41, 5.74) is 0. The first kappa shape index (κ1) is 6.97. The van der Waals surface area contributed by atoms with E-state index in [0.717, 1.165) is 4.50 Å². The Balaban J connectivity index is 2.54. The van der Waals surface area contributed by atoms with Gasteiger partial charge in [0.05, 0.1) is 0 Å². The zero-order valence-electron chi connectivity index (χ0n) is 4.53. The molecule has 0 fully saturated rings. The number of rotatable bonds is 2. The standard InChI is InChI=1S/C3H5N2O2S.Al/c1-2-3-5-8(4,6)7;/h1-2,5H,(H2,4,6,7);. The van der Waals surface area contributed by atoms with Crippen molar-refractivity contribution in [3.63, 3.8) is 0 Å². The van der Waals surface area contributed by atoms with E-state index < -0.39 is 10.2 Å². The van der Waals surface area contributed by atoms with Gasteiger partial charge in [0.15, 0.2) is 0 Å². The summed E-state index contributed by atoms with van der Waals surface area (Å²) in [5, 5.41) is 4.67. The minimum absolute atomic E-state index is 0.0282. The van der Waals surface area contributed by atoms with Crippen LogP contribution >= 0.6 is 0 Å². The van der Waals surface area contributed by atoms with E-state index in [1.54, 1.807) is 6.08 Å². The Morgan fingerprint density at radius 3 is 2.33 bits per heavy atom. The van der Waals surface area contributed by atoms with Crippen molar-refractivity contribution in [2.75, 3.05) is 0 Å². The molecule has 0 aromatic carbocycles. The predicted octanol–water partition coefficient (Wildman–Crippen LogP) is -1.86. The van der Waals surface area contributed by atoms with Gasteiger partial charge in [0.25, 0.3) is 0 Å². The van der Waals surface area contributed by atoms with Crippen LogP contribution < -0.4 is 9.86 Å². The van der Waals surface area contributed by atoms with Gasteiger partial charge in [-0.15, -0.1) is 0 Å². The van der Waals surface area contributed by atoms with Crippen molar-refractivity contribution in [2.45, 2.75) is 0 Å². The van der Waals surface area contributed by atoms with Crippen LogP contribution in [0.5, 0.6) is 0 Å². The average molecular weight is 160 g/mol. The molecular weight excluding hydrogens is 155 g/mol. The summed E-state index contributed by atoms with van der Waals surface area (Å²) in [5.74, 6) is 0. The van der Waals surface area contributed by atoms with E-state index in [-0.39, 0.29) is 14.8 Å². The van der Waals surface area contributed by atoms with Gasteiger partial charge >= 0.3 is 58.8 Å². The third kappa shape index (κ3) is 2.28. The zero-order chi connectivity index (χ0) is 6.91. The number of nitrogens with one attached hydrogen (secondary N) is 1. The van der Waals surface area contributed by atoms with Crippen molar-refractivity contribution in [1.29, 1.82) is 0 Å². The fourth-order valence-corrected chi connectivity index (χ4v) is 1.97. The van der Waals surface area contributed by atoms with Crippen LogP contribution in [0.1, 0.15) is 0 Å². The minimum atomic E-state index is -3.50. The predicted molar refractivity (Wildman–Crippen MR) is 36.1 cm³/mol. The number of nitrogens with two attached hydrogens (primary N) is 1. The Hall–Kier alpha value is -0.148. The molecule has 3 N–H and O–H groups in total. The summed E-state index contributed by atoms with van der Waals surface area (Å²) in [4.78, 5) is 1.92. The summed E-state index contributed by atoms with van der Waals surface area (Å²) >= 11 is 0.0282. The molecule has 0 aliphatic carbocycles. The first-order valence-corrected chi connectivity index (χ1v) is 5.06. The first-order valence-electron chi connectivity index (χ1n) is 2.27. The van der Waals surface area contributed by atoms with Crippen LogP contribution in [0.4, 0.5) is 0 Å². The SMILES string of the molecule is NS(=O)(=O)N[C]1=[Al][CH]=C1. The molecule has 0 atom stereocenters. The summed E-state index contributed by atoms with van der Waals surface area (Å²) in [6.07, 6.45) is 1.71. The van der Waals surface area contributed by atoms with E-state index in [1.165, 1.54) is 0 Å². The molecule has 1 aliphatic rings.